The molecule has 8 rings (SSSR count). The Kier molecular flexibility index (Phi) is 7.07. The Morgan fingerprint density at radius 2 is 1.78 bits per heavy atom. The topological polar surface area (TPSA) is 96.2 Å². The third-order valence-electron chi connectivity index (χ3n) is 15.4. The number of hydrogen-bond donors (Lipinski definition) is 3. The van der Waals surface area contributed by atoms with Crippen LogP contribution in [0, 0.1) is 46.3 Å². The minimum Gasteiger partial charge on any atom is -0.387 e. The van der Waals surface area contributed by atoms with Crippen molar-refractivity contribution < 1.29 is 29.6 Å². The van der Waals surface area contributed by atoms with Gasteiger partial charge in [0.2, 0.25) is 0 Å². The first-order valence-corrected chi connectivity index (χ1v) is 18.2. The second-order valence-electron chi connectivity index (χ2n) is 17.4. The molecule has 6 nitrogen and oxygen atoms in total. The number of rotatable bonds is 4. The minimum atomic E-state index is -1.43. The molecule has 0 bridgehead atoms. The van der Waals surface area contributed by atoms with Gasteiger partial charge < -0.3 is 24.8 Å². The molecule has 1 spiro atoms. The van der Waals surface area contributed by atoms with Crippen LogP contribution in [0.1, 0.15) is 97.5 Å². The van der Waals surface area contributed by atoms with Crippen molar-refractivity contribution in [1.29, 1.82) is 0 Å². The molecule has 3 saturated carbocycles. The zero-order valence-electron chi connectivity index (χ0n) is 28.4. The molecular formula is C40H54O6. The van der Waals surface area contributed by atoms with E-state index in [9.17, 15) is 20.1 Å². The van der Waals surface area contributed by atoms with E-state index in [4.69, 9.17) is 9.47 Å². The summed E-state index contributed by atoms with van der Waals surface area (Å²) in [5.41, 5.74) is -0.740. The number of carbonyl (C=O) groups excluding carboxylic acids is 1. The number of allylic oxidation sites excluding steroid dienone is 1. The number of hydrogen-bond acceptors (Lipinski definition) is 6. The number of Topliss-reactive ketones (excluding diaryl/α,β-unsaturated/α-hetero) is 1. The molecular weight excluding hydrogens is 576 g/mol. The van der Waals surface area contributed by atoms with Crippen LogP contribution in [0.15, 0.2) is 53.6 Å². The number of ether oxygens (including phenoxy) is 2. The van der Waals surface area contributed by atoms with Gasteiger partial charge in [-0.2, -0.15) is 0 Å². The lowest BCUT2D eigenvalue weighted by molar-refractivity contribution is -0.198. The summed E-state index contributed by atoms with van der Waals surface area (Å²) in [6.07, 6.45) is 9.30. The maximum Gasteiger partial charge on any atom is 0.162 e. The molecule has 3 N–H and O–H groups in total. The summed E-state index contributed by atoms with van der Waals surface area (Å²) in [7, 11) is 0. The number of carbonyl (C=O) groups is 1. The molecule has 0 amide bonds. The van der Waals surface area contributed by atoms with Crippen molar-refractivity contribution in [2.75, 3.05) is 13.2 Å². The largest absolute Gasteiger partial charge is 0.387 e. The van der Waals surface area contributed by atoms with Gasteiger partial charge in [0.25, 0.3) is 0 Å². The van der Waals surface area contributed by atoms with E-state index in [-0.39, 0.29) is 46.7 Å². The van der Waals surface area contributed by atoms with E-state index in [1.807, 2.05) is 6.07 Å². The van der Waals surface area contributed by atoms with Crippen LogP contribution in [-0.2, 0) is 14.3 Å². The highest BCUT2D eigenvalue weighted by Gasteiger charge is 2.74. The first kappa shape index (κ1) is 31.4. The van der Waals surface area contributed by atoms with E-state index in [1.165, 1.54) is 5.56 Å². The van der Waals surface area contributed by atoms with Crippen molar-refractivity contribution in [2.45, 2.75) is 121 Å². The van der Waals surface area contributed by atoms with Crippen LogP contribution in [-0.4, -0.2) is 63.3 Å². The van der Waals surface area contributed by atoms with Crippen molar-refractivity contribution in [1.82, 2.24) is 0 Å². The summed E-state index contributed by atoms with van der Waals surface area (Å²) in [5, 5.41) is 37.1. The predicted molar refractivity (Wildman–Crippen MR) is 176 cm³/mol. The molecule has 5 aliphatic carbocycles. The molecule has 250 valence electrons. The molecule has 1 aromatic rings. The molecule has 14 atom stereocenters. The molecule has 2 heterocycles. The minimum absolute atomic E-state index is 0.0361. The summed E-state index contributed by atoms with van der Waals surface area (Å²) >= 11 is 0. The van der Waals surface area contributed by atoms with Gasteiger partial charge in [0.15, 0.2) is 5.78 Å². The summed E-state index contributed by atoms with van der Waals surface area (Å²) in [4.78, 5) is 14.7. The fourth-order valence-corrected chi connectivity index (χ4v) is 12.2. The van der Waals surface area contributed by atoms with Crippen LogP contribution in [0.5, 0.6) is 0 Å². The van der Waals surface area contributed by atoms with Crippen LogP contribution in [0.2, 0.25) is 0 Å². The predicted octanol–water partition coefficient (Wildman–Crippen LogP) is 6.14. The van der Waals surface area contributed by atoms with Gasteiger partial charge >= 0.3 is 0 Å². The number of ketones is 1. The lowest BCUT2D eigenvalue weighted by atomic mass is 9.42. The van der Waals surface area contributed by atoms with E-state index in [1.54, 1.807) is 6.92 Å². The van der Waals surface area contributed by atoms with Gasteiger partial charge in [-0.1, -0.05) is 70.2 Å². The number of benzene rings is 1. The van der Waals surface area contributed by atoms with Crippen LogP contribution in [0.3, 0.4) is 0 Å². The molecule has 4 fully saturated rings. The van der Waals surface area contributed by atoms with E-state index in [0.29, 0.717) is 38.4 Å². The van der Waals surface area contributed by atoms with Crippen LogP contribution >= 0.6 is 0 Å². The highest BCUT2D eigenvalue weighted by Crippen LogP contribution is 2.73. The van der Waals surface area contributed by atoms with E-state index >= 15 is 0 Å². The first-order valence-electron chi connectivity index (χ1n) is 18.2. The Bertz CT molecular complexity index is 1460. The molecule has 7 aliphatic rings. The number of aliphatic hydroxyl groups excluding tert-OH is 1. The van der Waals surface area contributed by atoms with Crippen molar-refractivity contribution in [2.24, 2.45) is 46.3 Å². The highest BCUT2D eigenvalue weighted by molar-refractivity contribution is 6.00. The van der Waals surface area contributed by atoms with Gasteiger partial charge in [-0.3, -0.25) is 4.79 Å². The Morgan fingerprint density at radius 1 is 1.02 bits per heavy atom. The zero-order chi connectivity index (χ0) is 32.4. The number of fused-ring (bicyclic) bond motifs is 2. The SMILES string of the molecule is C[C@H]1[C@@H]([C@@H](O)[C@@](C)(O)[C@H]2C[C@@H]3CCC4=C5[C@H](CC[C@@]2(C)[C@]53O)[C@@]2(C)CC[C@@]3(C=C[C@@H](c5ccccc5)CO3)C[C@H]2C4=O)OC[C@@H]1C. The maximum absolute atomic E-state index is 14.7. The molecule has 1 saturated heterocycles. The second-order valence-corrected chi connectivity index (χ2v) is 17.4. The van der Waals surface area contributed by atoms with Gasteiger partial charge in [-0.25, -0.2) is 0 Å². The van der Waals surface area contributed by atoms with Gasteiger partial charge in [-0.15, -0.1) is 0 Å². The van der Waals surface area contributed by atoms with Gasteiger partial charge in [-0.05, 0) is 110 Å². The normalized spacial score (nSPS) is 49.9. The first-order chi connectivity index (χ1) is 21.8. The number of aliphatic hydroxyl groups is 3. The fraction of sp³-hybridized carbons (Fsp3) is 0.725. The molecule has 46 heavy (non-hydrogen) atoms. The van der Waals surface area contributed by atoms with E-state index in [2.05, 4.69) is 64.1 Å². The van der Waals surface area contributed by atoms with Crippen LogP contribution in [0.25, 0.3) is 0 Å². The summed E-state index contributed by atoms with van der Waals surface area (Å²) < 4.78 is 12.7. The maximum atomic E-state index is 14.7. The third-order valence-corrected chi connectivity index (χ3v) is 15.4. The van der Waals surface area contributed by atoms with Gasteiger partial charge in [0.1, 0.15) is 6.10 Å². The molecule has 0 radical (unpaired) electrons. The van der Waals surface area contributed by atoms with Crippen molar-refractivity contribution in [3.8, 4) is 0 Å². The second kappa shape index (κ2) is 10.3. The van der Waals surface area contributed by atoms with Gasteiger partial charge in [0.05, 0.1) is 29.5 Å². The molecule has 1 aromatic carbocycles. The van der Waals surface area contributed by atoms with E-state index < -0.39 is 34.4 Å². The highest BCUT2D eigenvalue weighted by atomic mass is 16.5. The lowest BCUT2D eigenvalue weighted by Crippen LogP contribution is -2.66. The standard InChI is InChI=1S/C40H54O6/c1-23-21-45-34(24(23)2)35(42)38(5,43)31-19-27-11-12-28-32-29(14-15-37(31,4)40(27,32)44)36(3)17-18-39(20-30(36)33(28)41)16-13-26(22-46-39)25-9-7-6-8-10-25/h6-10,13,16,23-24,26-27,29-31,34-35,42-44H,11-12,14-15,17-22H2,1-5H3/t23-,24+,26+,27-,29-,30-,31-,34-,35+,36+,37+,38-,39-,40+/m0/s1. The fourth-order valence-electron chi connectivity index (χ4n) is 12.2. The van der Waals surface area contributed by atoms with Crippen molar-refractivity contribution in [3.05, 3.63) is 59.2 Å². The zero-order valence-corrected chi connectivity index (χ0v) is 28.4. The average molecular weight is 631 g/mol. The monoisotopic (exact) mass is 630 g/mol. The quantitative estimate of drug-likeness (QED) is 0.346. The Labute approximate surface area is 274 Å². The Hall–Kier alpha value is -1.83. The van der Waals surface area contributed by atoms with E-state index in [0.717, 1.165) is 43.3 Å². The Morgan fingerprint density at radius 3 is 2.46 bits per heavy atom. The van der Waals surface area contributed by atoms with Crippen molar-refractivity contribution in [3.63, 3.8) is 0 Å². The summed E-state index contributed by atoms with van der Waals surface area (Å²) in [5.74, 6) is 0.586. The summed E-state index contributed by atoms with van der Waals surface area (Å²) in [6, 6.07) is 10.5. The van der Waals surface area contributed by atoms with Gasteiger partial charge in [0, 0.05) is 23.9 Å². The lowest BCUT2D eigenvalue weighted by Gasteiger charge is -2.64. The smallest absolute Gasteiger partial charge is 0.162 e. The molecule has 0 unspecified atom stereocenters. The Balaban J connectivity index is 1.11. The van der Waals surface area contributed by atoms with Crippen molar-refractivity contribution >= 4 is 5.78 Å². The summed E-state index contributed by atoms with van der Waals surface area (Å²) in [6.45, 7) is 11.7. The van der Waals surface area contributed by atoms with Crippen LogP contribution in [0.4, 0.5) is 0 Å². The van der Waals surface area contributed by atoms with Crippen LogP contribution < -0.4 is 0 Å². The molecule has 6 heteroatoms. The molecule has 0 aromatic heterocycles. The molecule has 2 aliphatic heterocycles. The third kappa shape index (κ3) is 4.03. The average Bonchev–Trinajstić information content (AvgIpc) is 3.51.